The maximum absolute atomic E-state index is 12.1. The molecule has 0 fully saturated rings. The van der Waals surface area contributed by atoms with Crippen LogP contribution in [0.3, 0.4) is 0 Å². The molecule has 5 nitrogen and oxygen atoms in total. The fourth-order valence-electron chi connectivity index (χ4n) is 1.40. The van der Waals surface area contributed by atoms with Crippen LogP contribution in [0, 0.1) is 0 Å². The van der Waals surface area contributed by atoms with E-state index in [1.807, 2.05) is 6.92 Å². The highest BCUT2D eigenvalue weighted by Gasteiger charge is 2.27. The van der Waals surface area contributed by atoms with Crippen molar-refractivity contribution in [2.75, 3.05) is 0 Å². The second-order valence-corrected chi connectivity index (χ2v) is 9.27. The quantitative estimate of drug-likeness (QED) is 0.690. The Balaban J connectivity index is 2.94. The Morgan fingerprint density at radius 1 is 1.53 bits per heavy atom. The van der Waals surface area contributed by atoms with Crippen LogP contribution in [0.5, 0.6) is 0 Å². The molecule has 9 heteroatoms. The van der Waals surface area contributed by atoms with Crippen LogP contribution in [0.25, 0.3) is 0 Å². The Labute approximate surface area is 132 Å². The molecule has 1 rings (SSSR count). The smallest absolute Gasteiger partial charge is 0.321 e. The third-order valence-electron chi connectivity index (χ3n) is 2.36. The number of unbranched alkanes of at least 4 members (excludes halogenated alkanes) is 1. The van der Waals surface area contributed by atoms with Crippen molar-refractivity contribution in [3.05, 3.63) is 13.6 Å². The Kier molecular flexibility index (Phi) is 6.44. The first-order chi connectivity index (χ1) is 8.77. The molecule has 2 N–H and O–H groups in total. The lowest BCUT2D eigenvalue weighted by molar-refractivity contribution is -0.139. The first-order valence-corrected chi connectivity index (χ1v) is 9.36. The fourth-order valence-corrected chi connectivity index (χ4v) is 6.44. The van der Waals surface area contributed by atoms with Crippen molar-refractivity contribution >= 4 is 59.2 Å². The van der Waals surface area contributed by atoms with Gasteiger partial charge in [-0.15, -0.1) is 11.3 Å². The van der Waals surface area contributed by atoms with Crippen molar-refractivity contribution in [1.29, 1.82) is 0 Å². The molecule has 1 atom stereocenters. The average Bonchev–Trinajstić information content (AvgIpc) is 2.64. The van der Waals surface area contributed by atoms with Gasteiger partial charge in [-0.2, -0.15) is 4.72 Å². The Morgan fingerprint density at radius 3 is 2.58 bits per heavy atom. The zero-order valence-corrected chi connectivity index (χ0v) is 14.8. The van der Waals surface area contributed by atoms with E-state index in [-0.39, 0.29) is 11.3 Å². The molecule has 0 saturated heterocycles. The van der Waals surface area contributed by atoms with Crippen LogP contribution in [0.2, 0.25) is 0 Å². The first kappa shape index (κ1) is 17.1. The lowest BCUT2D eigenvalue weighted by atomic mass is 10.1. The number of carbonyl (C=O) groups is 1. The van der Waals surface area contributed by atoms with Crippen LogP contribution in [0.15, 0.2) is 18.5 Å². The highest BCUT2D eigenvalue weighted by atomic mass is 79.9. The third kappa shape index (κ3) is 4.82. The monoisotopic (exact) mass is 433 g/mol. The molecule has 0 saturated carbocycles. The number of hydrogen-bond donors (Lipinski definition) is 2. The lowest BCUT2D eigenvalue weighted by Gasteiger charge is -2.13. The van der Waals surface area contributed by atoms with Gasteiger partial charge in [0.15, 0.2) is 0 Å². The summed E-state index contributed by atoms with van der Waals surface area (Å²) in [7, 11) is -3.84. The van der Waals surface area contributed by atoms with E-state index in [1.54, 1.807) is 0 Å². The molecule has 0 amide bonds. The predicted octanol–water partition coefficient (Wildman–Crippen LogP) is 3.19. The van der Waals surface area contributed by atoms with E-state index < -0.39 is 22.0 Å². The maximum Gasteiger partial charge on any atom is 0.321 e. The van der Waals surface area contributed by atoms with E-state index in [1.165, 1.54) is 17.4 Å². The summed E-state index contributed by atoms with van der Waals surface area (Å²) in [5.74, 6) is -1.16. The lowest BCUT2D eigenvalue weighted by Crippen LogP contribution is -2.40. The highest BCUT2D eigenvalue weighted by molar-refractivity contribution is 9.12. The molecular weight excluding hydrogens is 422 g/mol. The van der Waals surface area contributed by atoms with Gasteiger partial charge in [0.2, 0.25) is 10.0 Å². The van der Waals surface area contributed by atoms with Crippen LogP contribution in [0.4, 0.5) is 0 Å². The highest BCUT2D eigenvalue weighted by Crippen LogP contribution is 2.34. The van der Waals surface area contributed by atoms with Crippen molar-refractivity contribution in [2.45, 2.75) is 37.1 Å². The van der Waals surface area contributed by atoms with Crippen molar-refractivity contribution < 1.29 is 18.3 Å². The minimum atomic E-state index is -3.84. The maximum atomic E-state index is 12.1. The Bertz CT molecular complexity index is 556. The number of carboxylic acid groups (broad SMARTS) is 1. The zero-order chi connectivity index (χ0) is 14.6. The van der Waals surface area contributed by atoms with E-state index in [0.29, 0.717) is 14.0 Å². The minimum Gasteiger partial charge on any atom is -0.480 e. The van der Waals surface area contributed by atoms with Gasteiger partial charge in [0, 0.05) is 0 Å². The van der Waals surface area contributed by atoms with Crippen molar-refractivity contribution in [3.8, 4) is 0 Å². The van der Waals surface area contributed by atoms with E-state index in [2.05, 4.69) is 36.6 Å². The van der Waals surface area contributed by atoms with Gasteiger partial charge in [0.1, 0.15) is 10.9 Å². The van der Waals surface area contributed by atoms with E-state index >= 15 is 0 Å². The largest absolute Gasteiger partial charge is 0.480 e. The van der Waals surface area contributed by atoms with Gasteiger partial charge in [-0.25, -0.2) is 8.42 Å². The molecule has 0 bridgehead atoms. The number of nitrogens with one attached hydrogen (secondary N) is 1. The zero-order valence-electron chi connectivity index (χ0n) is 10.0. The van der Waals surface area contributed by atoms with E-state index in [4.69, 9.17) is 5.11 Å². The third-order valence-corrected chi connectivity index (χ3v) is 6.58. The number of sulfonamides is 1. The normalized spacial score (nSPS) is 13.4. The summed E-state index contributed by atoms with van der Waals surface area (Å²) < 4.78 is 27.6. The molecule has 0 aliphatic rings. The van der Waals surface area contributed by atoms with Crippen molar-refractivity contribution in [2.24, 2.45) is 0 Å². The summed E-state index contributed by atoms with van der Waals surface area (Å²) in [6.45, 7) is 1.92. The van der Waals surface area contributed by atoms with Crippen molar-refractivity contribution in [3.63, 3.8) is 0 Å². The van der Waals surface area contributed by atoms with E-state index in [0.717, 1.165) is 6.42 Å². The molecule has 0 aromatic carbocycles. The summed E-state index contributed by atoms with van der Waals surface area (Å²) >= 11 is 7.56. The van der Waals surface area contributed by atoms with Gasteiger partial charge >= 0.3 is 5.97 Å². The molecule has 0 aliphatic heterocycles. The van der Waals surface area contributed by atoms with Gasteiger partial charge < -0.3 is 5.11 Å². The molecule has 1 aromatic heterocycles. The fraction of sp³-hybridized carbons (Fsp3) is 0.500. The average molecular weight is 435 g/mol. The molecule has 0 spiro atoms. The second kappa shape index (κ2) is 7.16. The number of halogens is 2. The van der Waals surface area contributed by atoms with Gasteiger partial charge in [-0.05, 0) is 44.3 Å². The molecule has 1 unspecified atom stereocenters. The molecule has 0 radical (unpaired) electrons. The number of carboxylic acids is 1. The number of aliphatic carboxylic acids is 1. The summed E-state index contributed by atoms with van der Waals surface area (Å²) in [6, 6.07) is 0.339. The number of hydrogen-bond acceptors (Lipinski definition) is 4. The molecule has 1 aromatic rings. The van der Waals surface area contributed by atoms with E-state index in [9.17, 15) is 13.2 Å². The summed E-state index contributed by atoms with van der Waals surface area (Å²) in [5, 5.41) is 9.04. The topological polar surface area (TPSA) is 83.5 Å². The van der Waals surface area contributed by atoms with Gasteiger partial charge in [-0.3, -0.25) is 4.79 Å². The Morgan fingerprint density at radius 2 is 2.16 bits per heavy atom. The van der Waals surface area contributed by atoms with Crippen LogP contribution >= 0.6 is 43.2 Å². The molecule has 108 valence electrons. The SMILES string of the molecule is CCCCC(NS(=O)(=O)c1cc(Br)sc1Br)C(=O)O. The summed E-state index contributed by atoms with van der Waals surface area (Å²) in [5.41, 5.74) is 0. The Hall–Kier alpha value is 0.0400. The van der Waals surface area contributed by atoms with Gasteiger partial charge in [-0.1, -0.05) is 19.8 Å². The van der Waals surface area contributed by atoms with Crippen LogP contribution in [-0.2, 0) is 14.8 Å². The second-order valence-electron chi connectivity index (χ2n) is 3.84. The predicted molar refractivity (Wildman–Crippen MR) is 81.0 cm³/mol. The number of rotatable bonds is 7. The molecule has 1 heterocycles. The molecule has 19 heavy (non-hydrogen) atoms. The van der Waals surface area contributed by atoms with Crippen LogP contribution in [0.1, 0.15) is 26.2 Å². The summed E-state index contributed by atoms with van der Waals surface area (Å²) in [6.07, 6.45) is 1.72. The van der Waals surface area contributed by atoms with Crippen molar-refractivity contribution in [1.82, 2.24) is 4.72 Å². The van der Waals surface area contributed by atoms with Gasteiger partial charge in [0.25, 0.3) is 0 Å². The van der Waals surface area contributed by atoms with Gasteiger partial charge in [0.05, 0.1) is 7.57 Å². The molecule has 0 aliphatic carbocycles. The first-order valence-electron chi connectivity index (χ1n) is 5.48. The molecular formula is C10H13Br2NO4S2. The minimum absolute atomic E-state index is 0.0483. The van der Waals surface area contributed by atoms with Crippen LogP contribution in [-0.4, -0.2) is 25.5 Å². The number of thiophene rings is 1. The standard InChI is InChI=1S/C10H13Br2NO4S2/c1-2-3-4-6(10(14)15)13-19(16,17)7-5-8(11)18-9(7)12/h5-6,13H,2-4H2,1H3,(H,14,15). The van der Waals surface area contributed by atoms with Crippen LogP contribution < -0.4 is 4.72 Å². The summed E-state index contributed by atoms with van der Waals surface area (Å²) in [4.78, 5) is 11.1.